The second-order valence-electron chi connectivity index (χ2n) is 5.78. The van der Waals surface area contributed by atoms with E-state index in [2.05, 4.69) is 68.2 Å². The van der Waals surface area contributed by atoms with Crippen LogP contribution in [-0.4, -0.2) is 25.7 Å². The summed E-state index contributed by atoms with van der Waals surface area (Å²) in [4.78, 5) is 2.52. The molecule has 0 aliphatic heterocycles. The summed E-state index contributed by atoms with van der Waals surface area (Å²) in [6.45, 7) is 12.4. The Morgan fingerprint density at radius 3 is 2.32 bits per heavy atom. The lowest BCUT2D eigenvalue weighted by molar-refractivity contribution is 0.504. The summed E-state index contributed by atoms with van der Waals surface area (Å²) in [5, 5.41) is 3.57. The standard InChI is InChI=1S/C17H30N2/c1-5-6-12-19(17-10-8-7-9-11-17)16(4)14-18-13-15(2)3/h7-11,15-16,18H,5-6,12-14H2,1-4H3. The minimum absolute atomic E-state index is 0.535. The van der Waals surface area contributed by atoms with E-state index in [-0.39, 0.29) is 0 Å². The summed E-state index contributed by atoms with van der Waals surface area (Å²) in [5.41, 5.74) is 1.34. The van der Waals surface area contributed by atoms with Gasteiger partial charge in [-0.15, -0.1) is 0 Å². The van der Waals surface area contributed by atoms with E-state index in [1.807, 2.05) is 0 Å². The Kier molecular flexibility index (Phi) is 7.57. The largest absolute Gasteiger partial charge is 0.368 e. The summed E-state index contributed by atoms with van der Waals surface area (Å²) < 4.78 is 0. The Morgan fingerprint density at radius 1 is 1.05 bits per heavy atom. The second-order valence-corrected chi connectivity index (χ2v) is 5.78. The van der Waals surface area contributed by atoms with Crippen molar-refractivity contribution in [2.24, 2.45) is 5.92 Å². The van der Waals surface area contributed by atoms with Gasteiger partial charge >= 0.3 is 0 Å². The maximum absolute atomic E-state index is 3.57. The summed E-state index contributed by atoms with van der Waals surface area (Å²) in [5.74, 6) is 0.716. The van der Waals surface area contributed by atoms with Crippen LogP contribution in [0.5, 0.6) is 0 Å². The van der Waals surface area contributed by atoms with Crippen LogP contribution in [0.4, 0.5) is 5.69 Å². The molecule has 0 aromatic heterocycles. The van der Waals surface area contributed by atoms with Crippen LogP contribution in [-0.2, 0) is 0 Å². The van der Waals surface area contributed by atoms with Crippen LogP contribution in [0, 0.1) is 5.92 Å². The number of hydrogen-bond acceptors (Lipinski definition) is 2. The first kappa shape index (κ1) is 16.0. The summed E-state index contributed by atoms with van der Waals surface area (Å²) in [7, 11) is 0. The Bertz CT molecular complexity index is 321. The summed E-state index contributed by atoms with van der Waals surface area (Å²) in [6, 6.07) is 11.3. The molecule has 0 aliphatic rings. The number of benzene rings is 1. The minimum Gasteiger partial charge on any atom is -0.368 e. The molecule has 0 fully saturated rings. The van der Waals surface area contributed by atoms with Crippen LogP contribution in [0.3, 0.4) is 0 Å². The molecule has 0 spiro atoms. The van der Waals surface area contributed by atoms with Crippen molar-refractivity contribution in [1.82, 2.24) is 5.32 Å². The van der Waals surface area contributed by atoms with Crippen molar-refractivity contribution in [2.45, 2.75) is 46.6 Å². The molecule has 0 saturated heterocycles. The Labute approximate surface area is 119 Å². The van der Waals surface area contributed by atoms with Crippen LogP contribution < -0.4 is 10.2 Å². The van der Waals surface area contributed by atoms with E-state index in [0.717, 1.165) is 19.6 Å². The molecule has 108 valence electrons. The number of nitrogens with one attached hydrogen (secondary N) is 1. The van der Waals surface area contributed by atoms with Gasteiger partial charge in [0.15, 0.2) is 0 Å². The molecule has 1 atom stereocenters. The molecular weight excluding hydrogens is 232 g/mol. The predicted molar refractivity (Wildman–Crippen MR) is 85.9 cm³/mol. The van der Waals surface area contributed by atoms with Gasteiger partial charge in [0.1, 0.15) is 0 Å². The van der Waals surface area contributed by atoms with Gasteiger partial charge in [0.2, 0.25) is 0 Å². The lowest BCUT2D eigenvalue weighted by Gasteiger charge is -2.32. The first-order valence-corrected chi connectivity index (χ1v) is 7.67. The highest BCUT2D eigenvalue weighted by Crippen LogP contribution is 2.17. The highest BCUT2D eigenvalue weighted by atomic mass is 15.2. The molecule has 0 radical (unpaired) electrons. The first-order valence-electron chi connectivity index (χ1n) is 7.67. The summed E-state index contributed by atoms with van der Waals surface area (Å²) in [6.07, 6.45) is 2.50. The average Bonchev–Trinajstić information content (AvgIpc) is 2.40. The van der Waals surface area contributed by atoms with Crippen LogP contribution in [0.2, 0.25) is 0 Å². The van der Waals surface area contributed by atoms with Gasteiger partial charge in [0.05, 0.1) is 0 Å². The van der Waals surface area contributed by atoms with Gasteiger partial charge in [-0.05, 0) is 37.9 Å². The number of unbranched alkanes of at least 4 members (excludes halogenated alkanes) is 1. The molecule has 0 aliphatic carbocycles. The highest BCUT2D eigenvalue weighted by molar-refractivity contribution is 5.46. The zero-order valence-corrected chi connectivity index (χ0v) is 13.0. The summed E-state index contributed by atoms with van der Waals surface area (Å²) >= 11 is 0. The van der Waals surface area contributed by atoms with Crippen LogP contribution in [0.15, 0.2) is 30.3 Å². The van der Waals surface area contributed by atoms with Gasteiger partial charge in [-0.2, -0.15) is 0 Å². The molecule has 0 amide bonds. The highest BCUT2D eigenvalue weighted by Gasteiger charge is 2.13. The monoisotopic (exact) mass is 262 g/mol. The number of hydrogen-bond donors (Lipinski definition) is 1. The van der Waals surface area contributed by atoms with E-state index < -0.39 is 0 Å². The number of rotatable bonds is 9. The third-order valence-electron chi connectivity index (χ3n) is 3.36. The van der Waals surface area contributed by atoms with Crippen LogP contribution in [0.25, 0.3) is 0 Å². The van der Waals surface area contributed by atoms with Gasteiger partial charge in [-0.3, -0.25) is 0 Å². The van der Waals surface area contributed by atoms with Crippen LogP contribution >= 0.6 is 0 Å². The molecule has 1 N–H and O–H groups in total. The lowest BCUT2D eigenvalue weighted by atomic mass is 10.1. The lowest BCUT2D eigenvalue weighted by Crippen LogP contribution is -2.42. The van der Waals surface area contributed by atoms with Crippen molar-refractivity contribution in [2.75, 3.05) is 24.5 Å². The van der Waals surface area contributed by atoms with Crippen molar-refractivity contribution in [3.8, 4) is 0 Å². The van der Waals surface area contributed by atoms with E-state index >= 15 is 0 Å². The first-order chi connectivity index (χ1) is 9.15. The molecule has 19 heavy (non-hydrogen) atoms. The predicted octanol–water partition coefficient (Wildman–Crippen LogP) is 3.93. The van der Waals surface area contributed by atoms with Gasteiger partial charge in [-0.1, -0.05) is 45.4 Å². The Hall–Kier alpha value is -1.02. The van der Waals surface area contributed by atoms with E-state index in [1.54, 1.807) is 0 Å². The van der Waals surface area contributed by atoms with Gasteiger partial charge < -0.3 is 10.2 Å². The van der Waals surface area contributed by atoms with Crippen LogP contribution in [0.1, 0.15) is 40.5 Å². The van der Waals surface area contributed by atoms with E-state index in [1.165, 1.54) is 18.5 Å². The van der Waals surface area contributed by atoms with Crippen molar-refractivity contribution in [1.29, 1.82) is 0 Å². The molecule has 0 bridgehead atoms. The van der Waals surface area contributed by atoms with Gasteiger partial charge in [0, 0.05) is 24.8 Å². The second kappa shape index (κ2) is 8.98. The third kappa shape index (κ3) is 6.11. The van der Waals surface area contributed by atoms with Gasteiger partial charge in [0.25, 0.3) is 0 Å². The SMILES string of the molecule is CCCCN(c1ccccc1)C(C)CNCC(C)C. The van der Waals surface area contributed by atoms with Crippen molar-refractivity contribution in [3.63, 3.8) is 0 Å². The van der Waals surface area contributed by atoms with Crippen molar-refractivity contribution >= 4 is 5.69 Å². The molecule has 1 unspecified atom stereocenters. The van der Waals surface area contributed by atoms with Crippen molar-refractivity contribution in [3.05, 3.63) is 30.3 Å². The Balaban J connectivity index is 2.57. The smallest absolute Gasteiger partial charge is 0.0386 e. The molecule has 1 aromatic carbocycles. The molecular formula is C17H30N2. The third-order valence-corrected chi connectivity index (χ3v) is 3.36. The minimum atomic E-state index is 0.535. The quantitative estimate of drug-likeness (QED) is 0.725. The fourth-order valence-electron chi connectivity index (χ4n) is 2.24. The number of nitrogens with zero attached hydrogens (tertiary/aromatic N) is 1. The van der Waals surface area contributed by atoms with E-state index in [4.69, 9.17) is 0 Å². The fourth-order valence-corrected chi connectivity index (χ4v) is 2.24. The average molecular weight is 262 g/mol. The molecule has 2 nitrogen and oxygen atoms in total. The molecule has 1 aromatic rings. The Morgan fingerprint density at radius 2 is 1.74 bits per heavy atom. The van der Waals surface area contributed by atoms with Gasteiger partial charge in [-0.25, -0.2) is 0 Å². The molecule has 2 heteroatoms. The normalized spacial score (nSPS) is 12.7. The van der Waals surface area contributed by atoms with E-state index in [9.17, 15) is 0 Å². The van der Waals surface area contributed by atoms with Crippen molar-refractivity contribution < 1.29 is 0 Å². The topological polar surface area (TPSA) is 15.3 Å². The fraction of sp³-hybridized carbons (Fsp3) is 0.647. The zero-order valence-electron chi connectivity index (χ0n) is 13.0. The molecule has 1 rings (SSSR count). The maximum Gasteiger partial charge on any atom is 0.0386 e. The zero-order chi connectivity index (χ0) is 14.1. The number of anilines is 1. The molecule has 0 saturated carbocycles. The van der Waals surface area contributed by atoms with E-state index in [0.29, 0.717) is 12.0 Å². The number of para-hydroxylation sites is 1. The maximum atomic E-state index is 3.57. The molecule has 0 heterocycles.